The minimum absolute atomic E-state index is 0.673. The van der Waals surface area contributed by atoms with Gasteiger partial charge >= 0.3 is 0 Å². The first-order valence-corrected chi connectivity index (χ1v) is 7.12. The van der Waals surface area contributed by atoms with Crippen LogP contribution in [0, 0.1) is 11.3 Å². The number of rotatable bonds is 4. The maximum atomic E-state index is 9.24. The van der Waals surface area contributed by atoms with Crippen molar-refractivity contribution in [2.75, 3.05) is 17.3 Å². The van der Waals surface area contributed by atoms with E-state index in [1.807, 2.05) is 48.7 Å². The molecule has 0 aliphatic heterocycles. The van der Waals surface area contributed by atoms with Crippen LogP contribution < -0.4 is 11.1 Å². The van der Waals surface area contributed by atoms with E-state index >= 15 is 0 Å². The normalized spacial score (nSPS) is 9.89. The predicted molar refractivity (Wildman–Crippen MR) is 81.1 cm³/mol. The van der Waals surface area contributed by atoms with Crippen molar-refractivity contribution in [3.63, 3.8) is 0 Å². The van der Waals surface area contributed by atoms with E-state index in [0.29, 0.717) is 12.1 Å². The average Bonchev–Trinajstić information content (AvgIpc) is 2.46. The molecular weight excluding hydrogens is 254 g/mol. The molecule has 96 valence electrons. The second-order valence-electron chi connectivity index (χ2n) is 4.09. The number of nitrogen functional groups attached to an aromatic ring is 1. The molecule has 4 heteroatoms. The predicted octanol–water partition coefficient (Wildman–Crippen LogP) is 3.47. The largest absolute Gasteiger partial charge is 0.399 e. The Bertz CT molecular complexity index is 600. The van der Waals surface area contributed by atoms with Crippen molar-refractivity contribution in [1.29, 1.82) is 5.26 Å². The van der Waals surface area contributed by atoms with Gasteiger partial charge in [0.1, 0.15) is 6.07 Å². The third-order valence-corrected chi connectivity index (χ3v) is 3.60. The fourth-order valence-electron chi connectivity index (χ4n) is 1.80. The molecule has 0 spiro atoms. The molecule has 0 fully saturated rings. The number of benzene rings is 2. The number of nitrogens with one attached hydrogen (secondary N) is 1. The van der Waals surface area contributed by atoms with E-state index in [-0.39, 0.29) is 0 Å². The van der Waals surface area contributed by atoms with Crippen molar-refractivity contribution in [2.45, 2.75) is 11.4 Å². The smallest absolute Gasteiger partial charge is 0.102 e. The third-order valence-electron chi connectivity index (χ3n) is 2.82. The zero-order chi connectivity index (χ0) is 13.7. The van der Waals surface area contributed by atoms with Crippen molar-refractivity contribution < 1.29 is 0 Å². The summed E-state index contributed by atoms with van der Waals surface area (Å²) in [6, 6.07) is 15.8. The molecule has 0 bridgehead atoms. The van der Waals surface area contributed by atoms with E-state index in [1.54, 1.807) is 11.8 Å². The van der Waals surface area contributed by atoms with Gasteiger partial charge in [-0.3, -0.25) is 0 Å². The van der Waals surface area contributed by atoms with Crippen molar-refractivity contribution in [3.8, 4) is 6.07 Å². The number of hydrogen-bond donors (Lipinski definition) is 2. The van der Waals surface area contributed by atoms with Gasteiger partial charge in [0.2, 0.25) is 0 Å². The molecule has 0 aliphatic carbocycles. The molecule has 0 saturated heterocycles. The lowest BCUT2D eigenvalue weighted by molar-refractivity contribution is 1.14. The van der Waals surface area contributed by atoms with Gasteiger partial charge in [0.05, 0.1) is 11.3 Å². The summed E-state index contributed by atoms with van der Waals surface area (Å²) < 4.78 is 0. The monoisotopic (exact) mass is 269 g/mol. The molecular formula is C15H15N3S. The maximum absolute atomic E-state index is 9.24. The highest BCUT2D eigenvalue weighted by atomic mass is 32.2. The van der Waals surface area contributed by atoms with E-state index < -0.39 is 0 Å². The van der Waals surface area contributed by atoms with Gasteiger partial charge in [-0.25, -0.2) is 0 Å². The first-order chi connectivity index (χ1) is 9.24. The minimum Gasteiger partial charge on any atom is -0.399 e. The van der Waals surface area contributed by atoms with Gasteiger partial charge in [-0.15, -0.1) is 11.8 Å². The van der Waals surface area contributed by atoms with Crippen LogP contribution in [0.1, 0.15) is 11.1 Å². The Kier molecular flexibility index (Phi) is 4.32. The van der Waals surface area contributed by atoms with Crippen LogP contribution in [0.15, 0.2) is 47.4 Å². The first kappa shape index (κ1) is 13.3. The van der Waals surface area contributed by atoms with Crippen LogP contribution in [0.2, 0.25) is 0 Å². The third kappa shape index (κ3) is 3.21. The maximum Gasteiger partial charge on any atom is 0.102 e. The molecule has 19 heavy (non-hydrogen) atoms. The van der Waals surface area contributed by atoms with E-state index in [4.69, 9.17) is 5.73 Å². The van der Waals surface area contributed by atoms with Crippen molar-refractivity contribution in [2.24, 2.45) is 0 Å². The Balaban J connectivity index is 2.16. The van der Waals surface area contributed by atoms with Crippen molar-refractivity contribution >= 4 is 23.1 Å². The van der Waals surface area contributed by atoms with Crippen LogP contribution in [0.3, 0.4) is 0 Å². The molecule has 3 nitrogen and oxygen atoms in total. The minimum atomic E-state index is 0.673. The number of anilines is 2. The Labute approximate surface area is 117 Å². The molecule has 0 amide bonds. The second-order valence-corrected chi connectivity index (χ2v) is 4.94. The summed E-state index contributed by atoms with van der Waals surface area (Å²) >= 11 is 1.58. The SMILES string of the molecule is CSc1cccc(NCc2ccc(N)cc2)c1C#N. The number of thioether (sulfide) groups is 1. The Morgan fingerprint density at radius 1 is 1.21 bits per heavy atom. The van der Waals surface area contributed by atoms with E-state index in [9.17, 15) is 5.26 Å². The summed E-state index contributed by atoms with van der Waals surface area (Å²) in [6.07, 6.45) is 1.97. The van der Waals surface area contributed by atoms with Gasteiger partial charge in [0.25, 0.3) is 0 Å². The molecule has 2 aromatic rings. The summed E-state index contributed by atoms with van der Waals surface area (Å²) in [5.74, 6) is 0. The van der Waals surface area contributed by atoms with Gasteiger partial charge < -0.3 is 11.1 Å². The van der Waals surface area contributed by atoms with Crippen LogP contribution in [0.5, 0.6) is 0 Å². The van der Waals surface area contributed by atoms with Crippen LogP contribution in [-0.2, 0) is 6.54 Å². The van der Waals surface area contributed by atoms with E-state index in [0.717, 1.165) is 21.8 Å². The Morgan fingerprint density at radius 3 is 2.58 bits per heavy atom. The summed E-state index contributed by atoms with van der Waals surface area (Å²) in [5.41, 5.74) is 9.11. The van der Waals surface area contributed by atoms with Gasteiger partial charge in [-0.1, -0.05) is 18.2 Å². The fourth-order valence-corrected chi connectivity index (χ4v) is 2.37. The molecule has 3 N–H and O–H groups in total. The van der Waals surface area contributed by atoms with Gasteiger partial charge in [0.15, 0.2) is 0 Å². The molecule has 2 rings (SSSR count). The molecule has 0 atom stereocenters. The van der Waals surface area contributed by atoms with E-state index in [1.165, 1.54) is 0 Å². The zero-order valence-electron chi connectivity index (χ0n) is 10.7. The molecule has 0 unspecified atom stereocenters. The van der Waals surface area contributed by atoms with Crippen molar-refractivity contribution in [3.05, 3.63) is 53.6 Å². The first-order valence-electron chi connectivity index (χ1n) is 5.90. The lowest BCUT2D eigenvalue weighted by Crippen LogP contribution is -2.02. The average molecular weight is 269 g/mol. The highest BCUT2D eigenvalue weighted by molar-refractivity contribution is 7.98. The van der Waals surface area contributed by atoms with Gasteiger partial charge in [-0.2, -0.15) is 5.26 Å². The Hall–Kier alpha value is -2.12. The molecule has 2 aromatic carbocycles. The zero-order valence-corrected chi connectivity index (χ0v) is 11.5. The number of nitrogens with zero attached hydrogens (tertiary/aromatic N) is 1. The van der Waals surface area contributed by atoms with Crippen LogP contribution >= 0.6 is 11.8 Å². The summed E-state index contributed by atoms with van der Waals surface area (Å²) in [7, 11) is 0. The van der Waals surface area contributed by atoms with Crippen LogP contribution in [-0.4, -0.2) is 6.26 Å². The highest BCUT2D eigenvalue weighted by Gasteiger charge is 2.06. The topological polar surface area (TPSA) is 61.8 Å². The molecule has 0 aliphatic rings. The Morgan fingerprint density at radius 2 is 1.95 bits per heavy atom. The van der Waals surface area contributed by atoms with Gasteiger partial charge in [0, 0.05) is 17.1 Å². The summed E-state index contributed by atoms with van der Waals surface area (Å²) in [5, 5.41) is 12.5. The number of hydrogen-bond acceptors (Lipinski definition) is 4. The second kappa shape index (κ2) is 6.17. The molecule has 0 heterocycles. The van der Waals surface area contributed by atoms with E-state index in [2.05, 4.69) is 11.4 Å². The molecule has 0 radical (unpaired) electrons. The summed E-state index contributed by atoms with van der Waals surface area (Å²) in [4.78, 5) is 0.991. The summed E-state index contributed by atoms with van der Waals surface area (Å²) in [6.45, 7) is 0.673. The lowest BCUT2D eigenvalue weighted by atomic mass is 10.1. The molecule has 0 aromatic heterocycles. The van der Waals surface area contributed by atoms with Crippen LogP contribution in [0.25, 0.3) is 0 Å². The van der Waals surface area contributed by atoms with Crippen molar-refractivity contribution in [1.82, 2.24) is 0 Å². The quantitative estimate of drug-likeness (QED) is 0.659. The molecule has 0 saturated carbocycles. The standard InChI is InChI=1S/C15H15N3S/c1-19-15-4-2-3-14(13(15)9-16)18-10-11-5-7-12(17)8-6-11/h2-8,18H,10,17H2,1H3. The highest BCUT2D eigenvalue weighted by Crippen LogP contribution is 2.26. The van der Waals surface area contributed by atoms with Gasteiger partial charge in [-0.05, 0) is 36.1 Å². The fraction of sp³-hybridized carbons (Fsp3) is 0.133. The lowest BCUT2D eigenvalue weighted by Gasteiger charge is -2.10. The van der Waals surface area contributed by atoms with Crippen LogP contribution in [0.4, 0.5) is 11.4 Å². The number of nitrogens with two attached hydrogens (primary N) is 1. The number of nitriles is 1.